The molecule has 10 heteroatoms. The normalized spacial score (nSPS) is 11.7. The van der Waals surface area contributed by atoms with Crippen LogP contribution in [0.3, 0.4) is 0 Å². The number of ether oxygens (including phenoxy) is 3. The van der Waals surface area contributed by atoms with E-state index >= 15 is 0 Å². The monoisotopic (exact) mass is 462 g/mol. The number of thiazole rings is 1. The fourth-order valence-electron chi connectivity index (χ4n) is 2.63. The molecule has 1 atom stereocenters. The van der Waals surface area contributed by atoms with Crippen LogP contribution in [0, 0.1) is 6.92 Å². The Morgan fingerprint density at radius 2 is 1.94 bits per heavy atom. The van der Waals surface area contributed by atoms with E-state index in [9.17, 15) is 18.4 Å². The molecule has 3 rings (SSSR count). The van der Waals surface area contributed by atoms with Crippen LogP contribution in [0.1, 0.15) is 28.0 Å². The van der Waals surface area contributed by atoms with Gasteiger partial charge in [0.2, 0.25) is 0 Å². The SMILES string of the molecule is Cc1nc(COc2cccc(C(=O)OC(C)C(=O)Nc3ccccc3OC(F)F)c2)cs1. The molecule has 3 aromatic rings. The summed E-state index contributed by atoms with van der Waals surface area (Å²) in [7, 11) is 0. The lowest BCUT2D eigenvalue weighted by Crippen LogP contribution is -2.30. The molecule has 0 spiro atoms. The van der Waals surface area contributed by atoms with Gasteiger partial charge in [0.25, 0.3) is 5.91 Å². The second-order valence-corrected chi connectivity index (χ2v) is 7.65. The van der Waals surface area contributed by atoms with Crippen molar-refractivity contribution in [3.05, 3.63) is 70.2 Å². The van der Waals surface area contributed by atoms with E-state index in [4.69, 9.17) is 9.47 Å². The number of para-hydroxylation sites is 2. The number of nitrogens with zero attached hydrogens (tertiary/aromatic N) is 1. The molecule has 1 N–H and O–H groups in total. The predicted octanol–water partition coefficient (Wildman–Crippen LogP) is 4.82. The summed E-state index contributed by atoms with van der Waals surface area (Å²) in [4.78, 5) is 29.2. The number of hydrogen-bond acceptors (Lipinski definition) is 7. The summed E-state index contributed by atoms with van der Waals surface area (Å²) in [5.74, 6) is -1.19. The Kier molecular flexibility index (Phi) is 7.72. The van der Waals surface area contributed by atoms with Crippen molar-refractivity contribution in [3.63, 3.8) is 0 Å². The van der Waals surface area contributed by atoms with Crippen molar-refractivity contribution in [2.24, 2.45) is 0 Å². The average Bonchev–Trinajstić information content (AvgIpc) is 3.18. The molecule has 0 aliphatic carbocycles. The molecule has 0 radical (unpaired) electrons. The van der Waals surface area contributed by atoms with Crippen LogP contribution in [-0.2, 0) is 16.1 Å². The molecular weight excluding hydrogens is 442 g/mol. The van der Waals surface area contributed by atoms with Crippen molar-refractivity contribution >= 4 is 28.9 Å². The van der Waals surface area contributed by atoms with Gasteiger partial charge in [-0.2, -0.15) is 8.78 Å². The maximum atomic E-state index is 12.5. The number of aromatic nitrogens is 1. The Balaban J connectivity index is 1.58. The van der Waals surface area contributed by atoms with Gasteiger partial charge in [0, 0.05) is 5.38 Å². The summed E-state index contributed by atoms with van der Waals surface area (Å²) in [6, 6.07) is 12.1. The van der Waals surface area contributed by atoms with Gasteiger partial charge in [0.1, 0.15) is 18.1 Å². The number of nitrogens with one attached hydrogen (secondary N) is 1. The highest BCUT2D eigenvalue weighted by molar-refractivity contribution is 7.09. The fraction of sp³-hybridized carbons (Fsp3) is 0.227. The van der Waals surface area contributed by atoms with Crippen molar-refractivity contribution < 1.29 is 32.6 Å². The van der Waals surface area contributed by atoms with E-state index in [2.05, 4.69) is 15.0 Å². The predicted molar refractivity (Wildman–Crippen MR) is 114 cm³/mol. The third-order valence-electron chi connectivity index (χ3n) is 4.14. The number of benzene rings is 2. The molecule has 1 heterocycles. The minimum atomic E-state index is -3.04. The molecule has 1 amide bonds. The van der Waals surface area contributed by atoms with E-state index in [1.807, 2.05) is 12.3 Å². The van der Waals surface area contributed by atoms with Gasteiger partial charge in [-0.15, -0.1) is 11.3 Å². The van der Waals surface area contributed by atoms with Crippen LogP contribution in [0.2, 0.25) is 0 Å². The molecule has 0 aliphatic heterocycles. The average molecular weight is 462 g/mol. The van der Waals surface area contributed by atoms with Gasteiger partial charge < -0.3 is 19.5 Å². The Morgan fingerprint density at radius 1 is 1.16 bits per heavy atom. The third-order valence-corrected chi connectivity index (χ3v) is 4.96. The van der Waals surface area contributed by atoms with Gasteiger partial charge in [0.15, 0.2) is 6.10 Å². The van der Waals surface area contributed by atoms with Gasteiger partial charge in [-0.25, -0.2) is 9.78 Å². The molecule has 7 nitrogen and oxygen atoms in total. The molecule has 0 fully saturated rings. The third kappa shape index (κ3) is 6.48. The number of halogens is 2. The topological polar surface area (TPSA) is 86.8 Å². The molecule has 0 aliphatic rings. The number of amides is 1. The molecule has 1 unspecified atom stereocenters. The molecule has 2 aromatic carbocycles. The zero-order valence-corrected chi connectivity index (χ0v) is 18.0. The number of carbonyl (C=O) groups is 2. The molecule has 0 saturated carbocycles. The van der Waals surface area contributed by atoms with Crippen molar-refractivity contribution in [2.45, 2.75) is 33.2 Å². The number of rotatable bonds is 9. The number of esters is 1. The Hall–Kier alpha value is -3.53. The van der Waals surface area contributed by atoms with E-state index in [1.165, 1.54) is 48.6 Å². The van der Waals surface area contributed by atoms with Gasteiger partial charge in [-0.3, -0.25) is 4.79 Å². The first-order valence-corrected chi connectivity index (χ1v) is 10.4. The molecular formula is C22H20F2N2O5S. The Labute approximate surface area is 187 Å². The lowest BCUT2D eigenvalue weighted by atomic mass is 10.2. The van der Waals surface area contributed by atoms with E-state index < -0.39 is 24.6 Å². The fourth-order valence-corrected chi connectivity index (χ4v) is 3.23. The molecule has 0 bridgehead atoms. The highest BCUT2D eigenvalue weighted by atomic mass is 32.1. The van der Waals surface area contributed by atoms with Crippen LogP contribution in [0.5, 0.6) is 11.5 Å². The highest BCUT2D eigenvalue weighted by Crippen LogP contribution is 2.26. The van der Waals surface area contributed by atoms with Gasteiger partial charge >= 0.3 is 12.6 Å². The zero-order valence-electron chi connectivity index (χ0n) is 17.2. The van der Waals surface area contributed by atoms with E-state index in [-0.39, 0.29) is 23.6 Å². The van der Waals surface area contributed by atoms with Crippen molar-refractivity contribution in [1.29, 1.82) is 0 Å². The standard InChI is InChI=1S/C22H20F2N2O5S/c1-13(20(27)26-18-8-3-4-9-19(18)31-22(23)24)30-21(28)15-6-5-7-17(10-15)29-11-16-12-32-14(2)25-16/h3-10,12-13,22H,11H2,1-2H3,(H,26,27). The largest absolute Gasteiger partial charge is 0.487 e. The summed E-state index contributed by atoms with van der Waals surface area (Å²) < 4.78 is 40.3. The van der Waals surface area contributed by atoms with E-state index in [0.717, 1.165) is 10.7 Å². The van der Waals surface area contributed by atoms with Crippen LogP contribution in [-0.4, -0.2) is 29.6 Å². The van der Waals surface area contributed by atoms with Gasteiger partial charge in [-0.1, -0.05) is 18.2 Å². The number of hydrogen-bond donors (Lipinski definition) is 1. The number of anilines is 1. The van der Waals surface area contributed by atoms with Gasteiger partial charge in [-0.05, 0) is 44.2 Å². The summed E-state index contributed by atoms with van der Waals surface area (Å²) in [5, 5.41) is 5.23. The maximum Gasteiger partial charge on any atom is 0.387 e. The van der Waals surface area contributed by atoms with Crippen LogP contribution < -0.4 is 14.8 Å². The first-order valence-electron chi connectivity index (χ1n) is 9.51. The zero-order chi connectivity index (χ0) is 23.1. The highest BCUT2D eigenvalue weighted by Gasteiger charge is 2.21. The van der Waals surface area contributed by atoms with Crippen molar-refractivity contribution in [1.82, 2.24) is 4.98 Å². The second-order valence-electron chi connectivity index (χ2n) is 6.59. The van der Waals surface area contributed by atoms with E-state index in [1.54, 1.807) is 18.2 Å². The van der Waals surface area contributed by atoms with Crippen LogP contribution in [0.25, 0.3) is 0 Å². The van der Waals surface area contributed by atoms with Gasteiger partial charge in [0.05, 0.1) is 22.0 Å². The minimum absolute atomic E-state index is 0.0355. The number of carbonyl (C=O) groups excluding carboxylic acids is 2. The maximum absolute atomic E-state index is 12.5. The smallest absolute Gasteiger partial charge is 0.387 e. The van der Waals surface area contributed by atoms with E-state index in [0.29, 0.717) is 5.75 Å². The van der Waals surface area contributed by atoms with Crippen LogP contribution >= 0.6 is 11.3 Å². The quantitative estimate of drug-likeness (QED) is 0.459. The van der Waals surface area contributed by atoms with Crippen molar-refractivity contribution in [2.75, 3.05) is 5.32 Å². The molecule has 32 heavy (non-hydrogen) atoms. The number of alkyl halides is 2. The lowest BCUT2D eigenvalue weighted by molar-refractivity contribution is -0.123. The van der Waals surface area contributed by atoms with Crippen LogP contribution in [0.4, 0.5) is 14.5 Å². The first kappa shape index (κ1) is 23.1. The summed E-state index contributed by atoms with van der Waals surface area (Å²) in [5.41, 5.74) is 1.01. The Morgan fingerprint density at radius 3 is 2.66 bits per heavy atom. The summed E-state index contributed by atoms with van der Waals surface area (Å²) in [6.07, 6.45) is -1.19. The Bertz CT molecular complexity index is 1090. The first-order chi connectivity index (χ1) is 15.3. The molecule has 168 valence electrons. The second kappa shape index (κ2) is 10.7. The molecule has 1 aromatic heterocycles. The summed E-state index contributed by atoms with van der Waals surface area (Å²) in [6.45, 7) is 0.473. The van der Waals surface area contributed by atoms with Crippen LogP contribution in [0.15, 0.2) is 53.9 Å². The molecule has 0 saturated heterocycles. The number of aryl methyl sites for hydroxylation is 1. The summed E-state index contributed by atoms with van der Waals surface area (Å²) >= 11 is 1.51. The lowest BCUT2D eigenvalue weighted by Gasteiger charge is -2.16. The van der Waals surface area contributed by atoms with Crippen molar-refractivity contribution in [3.8, 4) is 11.5 Å². The minimum Gasteiger partial charge on any atom is -0.487 e.